The van der Waals surface area contributed by atoms with Crippen LogP contribution in [-0.4, -0.2) is 59.6 Å². The van der Waals surface area contributed by atoms with Gasteiger partial charge in [-0.05, 0) is 7.05 Å². The molecule has 2 heterocycles. The van der Waals surface area contributed by atoms with E-state index in [0.717, 1.165) is 26.2 Å². The van der Waals surface area contributed by atoms with Gasteiger partial charge in [0.05, 0.1) is 4.92 Å². The Hall–Kier alpha value is -2.22. The standard InChI is InChI=1S/C12H18N6O2/c1-3-4-13-11-10(18(19)20)12(15-9-14-11)17-7-5-16(2)6-8-17/h3,9H,1,4-8H2,2H3,(H,13,14,15). The van der Waals surface area contributed by atoms with Gasteiger partial charge in [0, 0.05) is 32.7 Å². The molecule has 0 bridgehead atoms. The van der Waals surface area contributed by atoms with Crippen molar-refractivity contribution in [2.75, 3.05) is 50.0 Å². The zero-order chi connectivity index (χ0) is 14.5. The van der Waals surface area contributed by atoms with Crippen LogP contribution < -0.4 is 10.2 Å². The molecule has 1 fully saturated rings. The van der Waals surface area contributed by atoms with Crippen LogP contribution in [0.1, 0.15) is 0 Å². The molecular weight excluding hydrogens is 260 g/mol. The molecule has 0 atom stereocenters. The van der Waals surface area contributed by atoms with Crippen molar-refractivity contribution in [2.24, 2.45) is 0 Å². The van der Waals surface area contributed by atoms with E-state index in [-0.39, 0.29) is 11.5 Å². The van der Waals surface area contributed by atoms with Crippen LogP contribution in [-0.2, 0) is 0 Å². The maximum atomic E-state index is 11.3. The predicted molar refractivity (Wildman–Crippen MR) is 77.1 cm³/mol. The van der Waals surface area contributed by atoms with Gasteiger partial charge in [-0.1, -0.05) is 6.08 Å². The van der Waals surface area contributed by atoms with Gasteiger partial charge < -0.3 is 15.1 Å². The number of nitro groups is 1. The van der Waals surface area contributed by atoms with Gasteiger partial charge in [0.25, 0.3) is 0 Å². The molecule has 1 saturated heterocycles. The second kappa shape index (κ2) is 6.29. The topological polar surface area (TPSA) is 87.4 Å². The van der Waals surface area contributed by atoms with E-state index in [1.807, 2.05) is 11.9 Å². The van der Waals surface area contributed by atoms with Gasteiger partial charge in [-0.15, -0.1) is 6.58 Å². The average Bonchev–Trinajstić information content (AvgIpc) is 2.45. The summed E-state index contributed by atoms with van der Waals surface area (Å²) >= 11 is 0. The minimum atomic E-state index is -0.431. The summed E-state index contributed by atoms with van der Waals surface area (Å²) in [5, 5.41) is 14.2. The second-order valence-electron chi connectivity index (χ2n) is 4.61. The summed E-state index contributed by atoms with van der Waals surface area (Å²) in [4.78, 5) is 23.1. The highest BCUT2D eigenvalue weighted by Crippen LogP contribution is 2.31. The maximum Gasteiger partial charge on any atom is 0.353 e. The Labute approximate surface area is 117 Å². The molecule has 0 unspecified atom stereocenters. The van der Waals surface area contributed by atoms with Crippen molar-refractivity contribution in [2.45, 2.75) is 0 Å². The predicted octanol–water partition coefficient (Wildman–Crippen LogP) is 0.734. The number of nitrogens with one attached hydrogen (secondary N) is 1. The van der Waals surface area contributed by atoms with Crippen LogP contribution in [0.15, 0.2) is 19.0 Å². The number of piperazine rings is 1. The van der Waals surface area contributed by atoms with Crippen LogP contribution in [0.3, 0.4) is 0 Å². The molecule has 0 aromatic carbocycles. The summed E-state index contributed by atoms with van der Waals surface area (Å²) in [6, 6.07) is 0. The van der Waals surface area contributed by atoms with E-state index >= 15 is 0 Å². The third-order valence-corrected chi connectivity index (χ3v) is 3.20. The first-order valence-corrected chi connectivity index (χ1v) is 6.41. The van der Waals surface area contributed by atoms with Crippen molar-refractivity contribution in [3.63, 3.8) is 0 Å². The fourth-order valence-corrected chi connectivity index (χ4v) is 2.09. The average molecular weight is 278 g/mol. The van der Waals surface area contributed by atoms with Crippen molar-refractivity contribution in [3.8, 4) is 0 Å². The Morgan fingerprint density at radius 3 is 2.75 bits per heavy atom. The lowest BCUT2D eigenvalue weighted by Crippen LogP contribution is -2.45. The van der Waals surface area contributed by atoms with Crippen molar-refractivity contribution < 1.29 is 4.92 Å². The summed E-state index contributed by atoms with van der Waals surface area (Å²) in [7, 11) is 2.03. The maximum absolute atomic E-state index is 11.3. The zero-order valence-corrected chi connectivity index (χ0v) is 11.4. The first-order chi connectivity index (χ1) is 9.63. The molecular formula is C12H18N6O2. The molecule has 108 valence electrons. The van der Waals surface area contributed by atoms with E-state index in [1.165, 1.54) is 6.33 Å². The van der Waals surface area contributed by atoms with Crippen molar-refractivity contribution in [3.05, 3.63) is 29.1 Å². The van der Waals surface area contributed by atoms with E-state index in [2.05, 4.69) is 26.8 Å². The molecule has 20 heavy (non-hydrogen) atoms. The summed E-state index contributed by atoms with van der Waals surface area (Å²) < 4.78 is 0. The Kier molecular flexibility index (Phi) is 4.46. The van der Waals surface area contributed by atoms with Gasteiger partial charge >= 0.3 is 5.69 Å². The Morgan fingerprint density at radius 1 is 1.45 bits per heavy atom. The number of nitrogens with zero attached hydrogens (tertiary/aromatic N) is 5. The normalized spacial score (nSPS) is 15.9. The molecule has 0 spiro atoms. The third kappa shape index (κ3) is 3.02. The lowest BCUT2D eigenvalue weighted by atomic mass is 10.3. The van der Waals surface area contributed by atoms with Crippen LogP contribution in [0, 0.1) is 10.1 Å². The molecule has 8 heteroatoms. The lowest BCUT2D eigenvalue weighted by Gasteiger charge is -2.32. The minimum absolute atomic E-state index is 0.0705. The van der Waals surface area contributed by atoms with Crippen molar-refractivity contribution >= 4 is 17.3 Å². The van der Waals surface area contributed by atoms with E-state index in [4.69, 9.17) is 0 Å². The van der Waals surface area contributed by atoms with Crippen molar-refractivity contribution in [1.29, 1.82) is 0 Å². The van der Waals surface area contributed by atoms with E-state index in [9.17, 15) is 10.1 Å². The Balaban J connectivity index is 2.31. The van der Waals surface area contributed by atoms with Crippen LogP contribution in [0.4, 0.5) is 17.3 Å². The molecule has 0 amide bonds. The molecule has 0 saturated carbocycles. The van der Waals surface area contributed by atoms with E-state index in [1.54, 1.807) is 6.08 Å². The number of likely N-dealkylation sites (N-methyl/N-ethyl adjacent to an activating group) is 1. The van der Waals surface area contributed by atoms with Crippen LogP contribution in [0.2, 0.25) is 0 Å². The number of aromatic nitrogens is 2. The first kappa shape index (κ1) is 14.2. The lowest BCUT2D eigenvalue weighted by molar-refractivity contribution is -0.383. The highest BCUT2D eigenvalue weighted by Gasteiger charge is 2.28. The van der Waals surface area contributed by atoms with Gasteiger partial charge in [0.1, 0.15) is 6.33 Å². The molecule has 8 nitrogen and oxygen atoms in total. The molecule has 1 aliphatic rings. The molecule has 0 aliphatic carbocycles. The van der Waals surface area contributed by atoms with Gasteiger partial charge in [-0.2, -0.15) is 0 Å². The SMILES string of the molecule is C=CCNc1ncnc(N2CCN(C)CC2)c1[N+](=O)[O-]. The number of hydrogen-bond donors (Lipinski definition) is 1. The molecule has 1 aromatic heterocycles. The van der Waals surface area contributed by atoms with Crippen LogP contribution in [0.5, 0.6) is 0 Å². The molecule has 2 rings (SSSR count). The van der Waals surface area contributed by atoms with Crippen LogP contribution in [0.25, 0.3) is 0 Å². The highest BCUT2D eigenvalue weighted by atomic mass is 16.6. The fraction of sp³-hybridized carbons (Fsp3) is 0.500. The monoisotopic (exact) mass is 278 g/mol. The summed E-state index contributed by atoms with van der Waals surface area (Å²) in [5.74, 6) is 0.614. The minimum Gasteiger partial charge on any atom is -0.361 e. The first-order valence-electron chi connectivity index (χ1n) is 6.41. The van der Waals surface area contributed by atoms with Crippen molar-refractivity contribution in [1.82, 2.24) is 14.9 Å². The summed E-state index contributed by atoms with van der Waals surface area (Å²) in [6.45, 7) is 7.15. The van der Waals surface area contributed by atoms with Gasteiger partial charge in [0.15, 0.2) is 0 Å². The quantitative estimate of drug-likeness (QED) is 0.482. The molecule has 1 aliphatic heterocycles. The van der Waals surface area contributed by atoms with E-state index in [0.29, 0.717) is 12.4 Å². The fourth-order valence-electron chi connectivity index (χ4n) is 2.09. The number of rotatable bonds is 5. The summed E-state index contributed by atoms with van der Waals surface area (Å²) in [5.41, 5.74) is -0.0705. The van der Waals surface area contributed by atoms with Gasteiger partial charge in [-0.3, -0.25) is 10.1 Å². The summed E-state index contributed by atoms with van der Waals surface area (Å²) in [6.07, 6.45) is 2.98. The molecule has 1 N–H and O–H groups in total. The van der Waals surface area contributed by atoms with E-state index < -0.39 is 4.92 Å². The number of anilines is 2. The van der Waals surface area contributed by atoms with Gasteiger partial charge in [-0.25, -0.2) is 9.97 Å². The third-order valence-electron chi connectivity index (χ3n) is 3.20. The Bertz CT molecular complexity index is 499. The number of hydrogen-bond acceptors (Lipinski definition) is 7. The van der Waals surface area contributed by atoms with Crippen LogP contribution >= 0.6 is 0 Å². The molecule has 0 radical (unpaired) electrons. The second-order valence-corrected chi connectivity index (χ2v) is 4.61. The highest BCUT2D eigenvalue weighted by molar-refractivity contribution is 5.70. The largest absolute Gasteiger partial charge is 0.361 e. The smallest absolute Gasteiger partial charge is 0.353 e. The Morgan fingerprint density at radius 2 is 2.15 bits per heavy atom. The molecule has 1 aromatic rings. The van der Waals surface area contributed by atoms with Gasteiger partial charge in [0.2, 0.25) is 11.6 Å². The zero-order valence-electron chi connectivity index (χ0n) is 11.4.